The number of nitrogen functional groups attached to an aromatic ring is 1. The molecule has 0 bridgehead atoms. The van der Waals surface area contributed by atoms with E-state index in [2.05, 4.69) is 20.2 Å². The Bertz CT molecular complexity index is 1260. The lowest BCUT2D eigenvalue weighted by molar-refractivity contribution is 0.0240. The van der Waals surface area contributed by atoms with Crippen LogP contribution in [0.5, 0.6) is 17.4 Å². The maximum Gasteiger partial charge on any atom is 0.410 e. The molecule has 0 unspecified atom stereocenters. The first-order valence-electron chi connectivity index (χ1n) is 11.8. The number of amides is 1. The monoisotopic (exact) mass is 526 g/mol. The number of hydrogen-bond donors (Lipinski definition) is 2. The van der Waals surface area contributed by atoms with Gasteiger partial charge in [-0.1, -0.05) is 17.7 Å². The molecule has 0 spiro atoms. The Kier molecular flexibility index (Phi) is 7.77. The fourth-order valence-corrected chi connectivity index (χ4v) is 3.88. The summed E-state index contributed by atoms with van der Waals surface area (Å²) in [5.41, 5.74) is 7.53. The maximum absolute atomic E-state index is 12.4. The minimum atomic E-state index is -0.513. The average molecular weight is 527 g/mol. The number of hydrogen-bond acceptors (Lipinski definition) is 9. The van der Waals surface area contributed by atoms with Gasteiger partial charge in [-0.2, -0.15) is 4.98 Å². The van der Waals surface area contributed by atoms with E-state index in [1.54, 1.807) is 36.3 Å². The molecule has 1 aliphatic heterocycles. The molecule has 10 nitrogen and oxygen atoms in total. The van der Waals surface area contributed by atoms with E-state index in [1.165, 1.54) is 6.20 Å². The minimum Gasteiger partial charge on any atom is -0.494 e. The van der Waals surface area contributed by atoms with Gasteiger partial charge in [0, 0.05) is 49.7 Å². The highest BCUT2D eigenvalue weighted by molar-refractivity contribution is 6.31. The molecule has 196 valence electrons. The van der Waals surface area contributed by atoms with Crippen molar-refractivity contribution in [1.82, 2.24) is 14.9 Å². The van der Waals surface area contributed by atoms with Crippen molar-refractivity contribution in [2.24, 2.45) is 0 Å². The van der Waals surface area contributed by atoms with Gasteiger partial charge in [0.2, 0.25) is 11.8 Å². The molecule has 1 aliphatic rings. The van der Waals surface area contributed by atoms with Crippen LogP contribution in [0.25, 0.3) is 0 Å². The number of halogens is 1. The number of nitrogens with one attached hydrogen (secondary N) is 1. The van der Waals surface area contributed by atoms with E-state index in [9.17, 15) is 4.79 Å². The highest BCUT2D eigenvalue weighted by atomic mass is 35.5. The summed E-state index contributed by atoms with van der Waals surface area (Å²) < 4.78 is 16.9. The molecule has 1 saturated heterocycles. The van der Waals surface area contributed by atoms with Crippen molar-refractivity contribution in [2.75, 3.05) is 49.2 Å². The van der Waals surface area contributed by atoms with Gasteiger partial charge in [0.1, 0.15) is 22.1 Å². The number of methoxy groups -OCH3 is 1. The van der Waals surface area contributed by atoms with Gasteiger partial charge in [-0.25, -0.2) is 9.78 Å². The molecule has 4 rings (SSSR count). The summed E-state index contributed by atoms with van der Waals surface area (Å²) >= 11 is 6.24. The second-order valence-electron chi connectivity index (χ2n) is 9.49. The van der Waals surface area contributed by atoms with Crippen LogP contribution in [0.1, 0.15) is 20.8 Å². The second kappa shape index (κ2) is 11.0. The number of carbonyl (C=O) groups is 1. The minimum absolute atomic E-state index is 0.197. The Morgan fingerprint density at radius 3 is 2.54 bits per heavy atom. The summed E-state index contributed by atoms with van der Waals surface area (Å²) in [7, 11) is 1.60. The third-order valence-electron chi connectivity index (χ3n) is 5.51. The average Bonchev–Trinajstić information content (AvgIpc) is 2.85. The molecule has 37 heavy (non-hydrogen) atoms. The van der Waals surface area contributed by atoms with Crippen molar-refractivity contribution in [1.29, 1.82) is 0 Å². The number of carbonyl (C=O) groups excluding carboxylic acids is 1. The summed E-state index contributed by atoms with van der Waals surface area (Å²) in [4.78, 5) is 24.9. The summed E-state index contributed by atoms with van der Waals surface area (Å²) in [6.45, 7) is 8.11. The molecule has 2 heterocycles. The molecule has 0 radical (unpaired) electrons. The van der Waals surface area contributed by atoms with E-state index < -0.39 is 5.60 Å². The molecular weight excluding hydrogens is 496 g/mol. The standard InChI is InChI=1S/C26H31ClN6O4/c1-26(2,3)37-25(34)33-12-10-32(11-13-33)18-8-9-21(22(15-18)35-4)30-24-29-16-20(27)23(31-24)36-19-7-5-6-17(28)14-19/h5-9,14-16H,10-13,28H2,1-4H3,(H,29,30,31). The quantitative estimate of drug-likeness (QED) is 0.412. The lowest BCUT2D eigenvalue weighted by Crippen LogP contribution is -2.50. The third kappa shape index (κ3) is 6.85. The van der Waals surface area contributed by atoms with Crippen LogP contribution >= 0.6 is 11.6 Å². The topological polar surface area (TPSA) is 115 Å². The highest BCUT2D eigenvalue weighted by Crippen LogP contribution is 2.34. The number of rotatable bonds is 6. The zero-order valence-electron chi connectivity index (χ0n) is 21.3. The second-order valence-corrected chi connectivity index (χ2v) is 9.89. The van der Waals surface area contributed by atoms with Crippen molar-refractivity contribution < 1.29 is 19.0 Å². The van der Waals surface area contributed by atoms with Crippen LogP contribution < -0.4 is 25.4 Å². The van der Waals surface area contributed by atoms with Crippen molar-refractivity contribution in [2.45, 2.75) is 26.4 Å². The van der Waals surface area contributed by atoms with Gasteiger partial charge < -0.3 is 35.1 Å². The normalized spacial score (nSPS) is 13.8. The van der Waals surface area contributed by atoms with Crippen LogP contribution in [0.15, 0.2) is 48.7 Å². The predicted octanol–water partition coefficient (Wildman–Crippen LogP) is 5.31. The van der Waals surface area contributed by atoms with Crippen LogP contribution in [0.3, 0.4) is 0 Å². The molecule has 1 amide bonds. The fourth-order valence-electron chi connectivity index (χ4n) is 3.75. The smallest absolute Gasteiger partial charge is 0.410 e. The van der Waals surface area contributed by atoms with Crippen LogP contribution in [0.4, 0.5) is 27.8 Å². The number of piperazine rings is 1. The molecule has 0 aliphatic carbocycles. The van der Waals surface area contributed by atoms with Gasteiger partial charge in [0.05, 0.1) is 19.0 Å². The zero-order valence-corrected chi connectivity index (χ0v) is 22.1. The Labute approximate surface area is 221 Å². The van der Waals surface area contributed by atoms with E-state index in [4.69, 9.17) is 31.5 Å². The molecular formula is C26H31ClN6O4. The summed E-state index contributed by atoms with van der Waals surface area (Å²) in [6, 6.07) is 12.8. The molecule has 3 aromatic rings. The fraction of sp³-hybridized carbons (Fsp3) is 0.346. The van der Waals surface area contributed by atoms with E-state index in [1.807, 2.05) is 39.0 Å². The maximum atomic E-state index is 12.4. The summed E-state index contributed by atoms with van der Waals surface area (Å²) in [5.74, 6) is 1.62. The van der Waals surface area contributed by atoms with E-state index in [0.29, 0.717) is 55.0 Å². The molecule has 1 aromatic heterocycles. The number of anilines is 4. The number of ether oxygens (including phenoxy) is 3. The third-order valence-corrected chi connectivity index (χ3v) is 5.77. The van der Waals surface area contributed by atoms with Crippen molar-refractivity contribution >= 4 is 40.7 Å². The molecule has 1 fully saturated rings. The lowest BCUT2D eigenvalue weighted by Gasteiger charge is -2.37. The van der Waals surface area contributed by atoms with Gasteiger partial charge in [-0.3, -0.25) is 0 Å². The number of nitrogens with zero attached hydrogens (tertiary/aromatic N) is 4. The molecule has 2 aromatic carbocycles. The van der Waals surface area contributed by atoms with Gasteiger partial charge in [0.15, 0.2) is 0 Å². The van der Waals surface area contributed by atoms with E-state index in [-0.39, 0.29) is 17.0 Å². The molecule has 0 saturated carbocycles. The first-order chi connectivity index (χ1) is 17.6. The van der Waals surface area contributed by atoms with Crippen molar-refractivity contribution in [3.63, 3.8) is 0 Å². The van der Waals surface area contributed by atoms with Crippen LogP contribution in [0.2, 0.25) is 5.02 Å². The predicted molar refractivity (Wildman–Crippen MR) is 144 cm³/mol. The SMILES string of the molecule is COc1cc(N2CCN(C(=O)OC(C)(C)C)CC2)ccc1Nc1ncc(Cl)c(Oc2cccc(N)c2)n1. The molecule has 0 atom stereocenters. The first-order valence-corrected chi connectivity index (χ1v) is 12.2. The molecule has 3 N–H and O–H groups in total. The Morgan fingerprint density at radius 1 is 1.11 bits per heavy atom. The highest BCUT2D eigenvalue weighted by Gasteiger charge is 2.26. The van der Waals surface area contributed by atoms with Crippen molar-refractivity contribution in [3.05, 3.63) is 53.7 Å². The van der Waals surface area contributed by atoms with E-state index in [0.717, 1.165) is 5.69 Å². The van der Waals surface area contributed by atoms with Crippen molar-refractivity contribution in [3.8, 4) is 17.4 Å². The van der Waals surface area contributed by atoms with Crippen LogP contribution in [0, 0.1) is 0 Å². The first kappa shape index (κ1) is 26.2. The van der Waals surface area contributed by atoms with Crippen LogP contribution in [-0.4, -0.2) is 59.9 Å². The Hall–Kier alpha value is -3.92. The largest absolute Gasteiger partial charge is 0.494 e. The zero-order chi connectivity index (χ0) is 26.6. The summed E-state index contributed by atoms with van der Waals surface area (Å²) in [5, 5.41) is 3.43. The Morgan fingerprint density at radius 2 is 1.86 bits per heavy atom. The van der Waals surface area contributed by atoms with Gasteiger partial charge in [-0.05, 0) is 45.0 Å². The van der Waals surface area contributed by atoms with Crippen LogP contribution in [-0.2, 0) is 4.74 Å². The van der Waals surface area contributed by atoms with Gasteiger partial charge in [0.25, 0.3) is 0 Å². The lowest BCUT2D eigenvalue weighted by atomic mass is 10.2. The number of benzene rings is 2. The summed E-state index contributed by atoms with van der Waals surface area (Å²) in [6.07, 6.45) is 1.18. The Balaban J connectivity index is 1.44. The number of aromatic nitrogens is 2. The van der Waals surface area contributed by atoms with Gasteiger partial charge in [-0.15, -0.1) is 0 Å². The number of nitrogens with two attached hydrogens (primary N) is 1. The molecule has 11 heteroatoms. The van der Waals surface area contributed by atoms with E-state index >= 15 is 0 Å². The van der Waals surface area contributed by atoms with Gasteiger partial charge >= 0.3 is 6.09 Å².